The van der Waals surface area contributed by atoms with Crippen molar-refractivity contribution in [2.75, 3.05) is 26.7 Å². The van der Waals surface area contributed by atoms with Crippen molar-refractivity contribution in [2.45, 2.75) is 31.9 Å². The van der Waals surface area contributed by atoms with E-state index in [9.17, 15) is 9.90 Å². The molecule has 3 rings (SSSR count). The number of piperidine rings is 1. The molecular weight excluding hydrogens is 292 g/mol. The molecule has 124 valence electrons. The van der Waals surface area contributed by atoms with Crippen molar-refractivity contribution in [1.82, 2.24) is 9.80 Å². The standard InChI is InChI=1S/C18H24N2O3/c1-13(17-11-14-5-3-4-6-16(14)23-17)19(2)18(22)12-20-9-7-15(21)8-10-20/h3-6,11,13,15,21H,7-10,12H2,1-2H3. The van der Waals surface area contributed by atoms with Gasteiger partial charge < -0.3 is 14.4 Å². The maximum absolute atomic E-state index is 12.5. The van der Waals surface area contributed by atoms with Gasteiger partial charge in [-0.15, -0.1) is 0 Å². The Kier molecular flexibility index (Phi) is 4.68. The number of benzene rings is 1. The third-order valence-corrected chi connectivity index (χ3v) is 4.75. The molecule has 1 unspecified atom stereocenters. The normalized spacial score (nSPS) is 18.2. The monoisotopic (exact) mass is 316 g/mol. The van der Waals surface area contributed by atoms with E-state index in [1.54, 1.807) is 4.90 Å². The summed E-state index contributed by atoms with van der Waals surface area (Å²) in [6, 6.07) is 9.76. The lowest BCUT2D eigenvalue weighted by Crippen LogP contribution is -2.43. The highest BCUT2D eigenvalue weighted by atomic mass is 16.3. The molecule has 5 heteroatoms. The molecule has 1 atom stereocenters. The lowest BCUT2D eigenvalue weighted by Gasteiger charge is -2.31. The fraction of sp³-hybridized carbons (Fsp3) is 0.500. The number of amides is 1. The number of likely N-dealkylation sites (N-methyl/N-ethyl adjacent to an activating group) is 1. The zero-order valence-electron chi connectivity index (χ0n) is 13.7. The summed E-state index contributed by atoms with van der Waals surface area (Å²) in [6.07, 6.45) is 1.28. The Morgan fingerprint density at radius 2 is 2.09 bits per heavy atom. The molecule has 1 aliphatic heterocycles. The van der Waals surface area contributed by atoms with Gasteiger partial charge >= 0.3 is 0 Å². The third kappa shape index (κ3) is 3.57. The quantitative estimate of drug-likeness (QED) is 0.941. The van der Waals surface area contributed by atoms with Gasteiger partial charge in [0.25, 0.3) is 0 Å². The second kappa shape index (κ2) is 6.72. The summed E-state index contributed by atoms with van der Waals surface area (Å²) in [4.78, 5) is 16.3. The van der Waals surface area contributed by atoms with Gasteiger partial charge in [-0.25, -0.2) is 0 Å². The zero-order chi connectivity index (χ0) is 16.4. The number of furan rings is 1. The Labute approximate surface area is 136 Å². The number of nitrogens with zero attached hydrogens (tertiary/aromatic N) is 2. The maximum Gasteiger partial charge on any atom is 0.237 e. The SMILES string of the molecule is CC(c1cc2ccccc2o1)N(C)C(=O)CN1CCC(O)CC1. The van der Waals surface area contributed by atoms with Crippen LogP contribution >= 0.6 is 0 Å². The van der Waals surface area contributed by atoms with Crippen LogP contribution in [0.1, 0.15) is 31.6 Å². The number of fused-ring (bicyclic) bond motifs is 1. The van der Waals surface area contributed by atoms with E-state index in [0.717, 1.165) is 42.7 Å². The zero-order valence-corrected chi connectivity index (χ0v) is 13.7. The molecule has 1 saturated heterocycles. The van der Waals surface area contributed by atoms with Crippen LogP contribution in [-0.2, 0) is 4.79 Å². The van der Waals surface area contributed by atoms with Crippen molar-refractivity contribution in [3.05, 3.63) is 36.1 Å². The number of aliphatic hydroxyl groups excluding tert-OH is 1. The van der Waals surface area contributed by atoms with Crippen molar-refractivity contribution in [1.29, 1.82) is 0 Å². The van der Waals surface area contributed by atoms with Gasteiger partial charge in [0.1, 0.15) is 11.3 Å². The van der Waals surface area contributed by atoms with E-state index < -0.39 is 0 Å². The number of para-hydroxylation sites is 1. The minimum Gasteiger partial charge on any atom is -0.459 e. The van der Waals surface area contributed by atoms with Crippen LogP contribution in [0.4, 0.5) is 0 Å². The van der Waals surface area contributed by atoms with Crippen LogP contribution in [0.15, 0.2) is 34.7 Å². The smallest absolute Gasteiger partial charge is 0.237 e. The predicted molar refractivity (Wildman–Crippen MR) is 89.1 cm³/mol. The molecule has 1 N–H and O–H groups in total. The third-order valence-electron chi connectivity index (χ3n) is 4.75. The summed E-state index contributed by atoms with van der Waals surface area (Å²) in [7, 11) is 1.82. The average Bonchev–Trinajstić information content (AvgIpc) is 2.99. The molecule has 1 amide bonds. The number of aliphatic hydroxyl groups is 1. The van der Waals surface area contributed by atoms with Crippen LogP contribution < -0.4 is 0 Å². The highest BCUT2D eigenvalue weighted by molar-refractivity contribution is 5.80. The number of hydrogen-bond donors (Lipinski definition) is 1. The number of likely N-dealkylation sites (tertiary alicyclic amines) is 1. The van der Waals surface area contributed by atoms with Gasteiger partial charge in [-0.1, -0.05) is 18.2 Å². The van der Waals surface area contributed by atoms with Gasteiger partial charge in [-0.05, 0) is 31.9 Å². The molecule has 2 aromatic rings. The number of carbonyl (C=O) groups is 1. The topological polar surface area (TPSA) is 56.9 Å². The van der Waals surface area contributed by atoms with E-state index >= 15 is 0 Å². The molecular formula is C18H24N2O3. The molecule has 0 spiro atoms. The maximum atomic E-state index is 12.5. The lowest BCUT2D eigenvalue weighted by molar-refractivity contribution is -0.133. The first kappa shape index (κ1) is 16.0. The predicted octanol–water partition coefficient (Wildman–Crippen LogP) is 2.41. The van der Waals surface area contributed by atoms with Gasteiger partial charge in [0.2, 0.25) is 5.91 Å². The molecule has 0 bridgehead atoms. The summed E-state index contributed by atoms with van der Waals surface area (Å²) in [6.45, 7) is 3.93. The second-order valence-corrected chi connectivity index (χ2v) is 6.37. The van der Waals surface area contributed by atoms with E-state index in [1.165, 1.54) is 0 Å². The van der Waals surface area contributed by atoms with E-state index in [4.69, 9.17) is 4.42 Å². The summed E-state index contributed by atoms with van der Waals surface area (Å²) < 4.78 is 5.86. The Morgan fingerprint density at radius 3 is 2.78 bits per heavy atom. The number of rotatable bonds is 4. The molecule has 23 heavy (non-hydrogen) atoms. The Bertz CT molecular complexity index is 641. The number of carbonyl (C=O) groups excluding carboxylic acids is 1. The largest absolute Gasteiger partial charge is 0.459 e. The summed E-state index contributed by atoms with van der Waals surface area (Å²) in [5.41, 5.74) is 0.847. The van der Waals surface area contributed by atoms with Crippen molar-refractivity contribution in [2.24, 2.45) is 0 Å². The molecule has 0 radical (unpaired) electrons. The molecule has 2 heterocycles. The van der Waals surface area contributed by atoms with Crippen molar-refractivity contribution < 1.29 is 14.3 Å². The first-order valence-electron chi connectivity index (χ1n) is 8.19. The van der Waals surface area contributed by atoms with E-state index in [0.29, 0.717) is 6.54 Å². The van der Waals surface area contributed by atoms with Crippen molar-refractivity contribution >= 4 is 16.9 Å². The van der Waals surface area contributed by atoms with Gasteiger partial charge in [-0.3, -0.25) is 9.69 Å². The van der Waals surface area contributed by atoms with Gasteiger partial charge in [0.15, 0.2) is 0 Å². The minimum atomic E-state index is -0.214. The van der Waals surface area contributed by atoms with E-state index in [-0.39, 0.29) is 18.1 Å². The Balaban J connectivity index is 1.64. The highest BCUT2D eigenvalue weighted by Gasteiger charge is 2.24. The molecule has 0 aliphatic carbocycles. The second-order valence-electron chi connectivity index (χ2n) is 6.37. The molecule has 1 aromatic heterocycles. The molecule has 1 aliphatic rings. The van der Waals surface area contributed by atoms with Gasteiger partial charge in [-0.2, -0.15) is 0 Å². The fourth-order valence-corrected chi connectivity index (χ4v) is 3.00. The van der Waals surface area contributed by atoms with E-state index in [1.807, 2.05) is 44.3 Å². The molecule has 1 aromatic carbocycles. The number of hydrogen-bond acceptors (Lipinski definition) is 4. The van der Waals surface area contributed by atoms with Gasteiger partial charge in [0.05, 0.1) is 18.7 Å². The van der Waals surface area contributed by atoms with Gasteiger partial charge in [0, 0.05) is 25.5 Å². The van der Waals surface area contributed by atoms with Crippen LogP contribution in [0, 0.1) is 0 Å². The molecule has 0 saturated carbocycles. The molecule has 1 fully saturated rings. The van der Waals surface area contributed by atoms with Crippen LogP contribution in [0.3, 0.4) is 0 Å². The summed E-state index contributed by atoms with van der Waals surface area (Å²) in [5.74, 6) is 0.880. The van der Waals surface area contributed by atoms with Crippen LogP contribution in [-0.4, -0.2) is 53.6 Å². The molecule has 5 nitrogen and oxygen atoms in total. The lowest BCUT2D eigenvalue weighted by atomic mass is 10.1. The summed E-state index contributed by atoms with van der Waals surface area (Å²) >= 11 is 0. The Morgan fingerprint density at radius 1 is 1.39 bits per heavy atom. The van der Waals surface area contributed by atoms with Crippen LogP contribution in [0.2, 0.25) is 0 Å². The first-order valence-corrected chi connectivity index (χ1v) is 8.19. The average molecular weight is 316 g/mol. The van der Waals surface area contributed by atoms with Crippen molar-refractivity contribution in [3.63, 3.8) is 0 Å². The Hall–Kier alpha value is -1.85. The van der Waals surface area contributed by atoms with Crippen molar-refractivity contribution in [3.8, 4) is 0 Å². The minimum absolute atomic E-state index is 0.0781. The summed E-state index contributed by atoms with van der Waals surface area (Å²) in [5, 5.41) is 10.6. The van der Waals surface area contributed by atoms with Crippen LogP contribution in [0.5, 0.6) is 0 Å². The fourth-order valence-electron chi connectivity index (χ4n) is 3.00. The van der Waals surface area contributed by atoms with Crippen LogP contribution in [0.25, 0.3) is 11.0 Å². The first-order chi connectivity index (χ1) is 11.0. The van der Waals surface area contributed by atoms with E-state index in [2.05, 4.69) is 4.90 Å². The highest BCUT2D eigenvalue weighted by Crippen LogP contribution is 2.26.